The summed E-state index contributed by atoms with van der Waals surface area (Å²) >= 11 is -0.826. The van der Waals surface area contributed by atoms with Crippen LogP contribution in [0.3, 0.4) is 0 Å². The predicted octanol–water partition coefficient (Wildman–Crippen LogP) is 13.4. The van der Waals surface area contributed by atoms with Gasteiger partial charge in [0, 0.05) is 121 Å². The number of ether oxygens (including phenoxy) is 4. The molecule has 0 aliphatic carbocycles. The van der Waals surface area contributed by atoms with Crippen molar-refractivity contribution >= 4 is 150 Å². The Labute approximate surface area is 730 Å². The third-order valence-electron chi connectivity index (χ3n) is 16.4. The van der Waals surface area contributed by atoms with E-state index < -0.39 is 62.8 Å². The fourth-order valence-corrected chi connectivity index (χ4v) is 10.7. The summed E-state index contributed by atoms with van der Waals surface area (Å²) in [7, 11) is 22.9. The van der Waals surface area contributed by atoms with Crippen LogP contribution >= 0.6 is 17.8 Å². The number of hydrogen-bond donors (Lipinski definition) is 7. The van der Waals surface area contributed by atoms with Gasteiger partial charge in [-0.1, -0.05) is 91.0 Å². The van der Waals surface area contributed by atoms with Crippen molar-refractivity contribution in [2.45, 2.75) is 19.9 Å². The number of aromatic carboxylic acids is 1. The Morgan fingerprint density at radius 1 is 0.504 bits per heavy atom. The third-order valence-corrected chi connectivity index (χ3v) is 16.4. The van der Waals surface area contributed by atoms with Gasteiger partial charge in [0.1, 0.15) is 0 Å². The molecule has 9 aromatic carbocycles. The first-order valence-electron chi connectivity index (χ1n) is 36.5. The number of carbonyl (C=O) groups is 5. The van der Waals surface area contributed by atoms with Crippen molar-refractivity contribution < 1.29 is 86.3 Å². The fraction of sp³-hybridized carbons (Fsp3) is 0.161. The summed E-state index contributed by atoms with van der Waals surface area (Å²) in [6, 6.07) is 61.0. The van der Waals surface area contributed by atoms with Gasteiger partial charge in [-0.2, -0.15) is 0 Å². The summed E-state index contributed by atoms with van der Waals surface area (Å²) < 4.78 is 34.4. The van der Waals surface area contributed by atoms with Crippen molar-refractivity contribution in [1.82, 2.24) is 14.4 Å². The number of amides is 2. The standard InChI is InChI=1S/C18H16N2O3.C16H11NO3.C12H14N2O4.C9H5NO4.C9H9NO4.C9H7NO2.C7H6O2.C5H13NO2.C2H7NO.2ClH.Sn/c21-12-11-20-10-9-14-15(18(20)23)7-4-8-16(14)19-17(22)13-5-2-1-3-6-13;18-15(11-5-2-1-3-6-11)17-14-8-4-7-13-12(14)9-10-20-16(13)19;1-13(2)8-7-9-10(12(15)18-3)5-4-6-11(9)14(16)17;11-9-7-2-1-3-8(10(12)13)6(7)4-5-14-9;1-6-7(9(11)14-2)4-3-5-8(6)10(12)13;10-8-3-1-2-7-6(8)4-5-12-9(7)11;8-7(9)6-4-2-1-3-5-6;1-6(2)5(7-3)8-4;3-1-2-4;;;/h1-10,21H,11-12H2,(H,19,22);1-10H,(H,17,18);4-8H,1-3H3;1-5H;3-5H,1-2H3;1-5H,10H2;1-5H,(H,8,9);5H,1-4H3;4H,1-3H2;2*1H;/q;;;;;;;;;;;+2/p-2/b;;8-7+;;;;;;;;;. The van der Waals surface area contributed by atoms with Crippen molar-refractivity contribution in [1.29, 1.82) is 0 Å². The summed E-state index contributed by atoms with van der Waals surface area (Å²) in [5.41, 5.74) is 12.8. The second-order valence-corrected chi connectivity index (χ2v) is 29.3. The number of benzene rings is 9. The molecule has 38 heteroatoms. The van der Waals surface area contributed by atoms with E-state index in [-0.39, 0.29) is 88.3 Å². The molecule has 4 heterocycles. The van der Waals surface area contributed by atoms with Crippen LogP contribution in [0, 0.1) is 37.3 Å². The van der Waals surface area contributed by atoms with Gasteiger partial charge in [0.2, 0.25) is 6.41 Å². The first-order valence-corrected chi connectivity index (χ1v) is 43.8. The van der Waals surface area contributed by atoms with Crippen LogP contribution in [0.15, 0.2) is 288 Å². The molecule has 35 nitrogen and oxygen atoms in total. The fourth-order valence-electron chi connectivity index (χ4n) is 10.7. The number of fused-ring (bicyclic) bond motifs is 4. The number of halogens is 2. The SMILES string of the molecule is COC(=O)c1cccc([N+](=O)[O-])c1/C=C/N(C)C.COC(=O)c1cccc([N+](=O)[O-])c1C.COC(OC)N(C)C.NCCO.Nc1cccc2c(=O)occc12.O=C(Nc1cccc2c(=O)n(CCO)ccc12)c1ccccc1.O=C(Nc1cccc2c(=O)occc12)c1ccccc1.O=C(O)c1ccccc1.O=c1occc2c([N+](=O)[O-])cccc12.[Cl][Sn][Cl]. The second kappa shape index (κ2) is 55.0. The molecule has 0 aliphatic heterocycles. The molecule has 0 atom stereocenters. The summed E-state index contributed by atoms with van der Waals surface area (Å²) in [5, 5.41) is 66.9. The summed E-state index contributed by atoms with van der Waals surface area (Å²) in [4.78, 5) is 138. The van der Waals surface area contributed by atoms with Gasteiger partial charge in [0.15, 0.2) is 0 Å². The molecule has 4 aromatic heterocycles. The number of nitrogens with zero attached hydrogens (tertiary/aromatic N) is 6. The zero-order valence-corrected chi connectivity index (χ0v) is 73.0. The minimum atomic E-state index is -0.879. The van der Waals surface area contributed by atoms with Gasteiger partial charge < -0.3 is 79.1 Å². The van der Waals surface area contributed by atoms with E-state index in [0.717, 1.165) is 11.6 Å². The maximum atomic E-state index is 12.4. The number of aromatic nitrogens is 1. The van der Waals surface area contributed by atoms with E-state index in [0.29, 0.717) is 78.2 Å². The molecule has 0 aliphatic rings. The van der Waals surface area contributed by atoms with Crippen molar-refractivity contribution in [2.75, 3.05) is 92.8 Å². The van der Waals surface area contributed by atoms with E-state index >= 15 is 0 Å². The zero-order valence-electron chi connectivity index (χ0n) is 68.6. The van der Waals surface area contributed by atoms with E-state index in [2.05, 4.69) is 28.9 Å². The number of nitrogens with two attached hydrogens (primary N) is 2. The number of pyridine rings is 1. The molecular weight excluding hydrogens is 1770 g/mol. The maximum absolute atomic E-state index is 12.4. The number of nitrogen functional groups attached to an aromatic ring is 1. The van der Waals surface area contributed by atoms with Crippen molar-refractivity contribution in [3.63, 3.8) is 0 Å². The number of methoxy groups -OCH3 is 4. The molecule has 0 fully saturated rings. The van der Waals surface area contributed by atoms with E-state index in [1.807, 2.05) is 31.1 Å². The van der Waals surface area contributed by atoms with Crippen LogP contribution in [0.2, 0.25) is 0 Å². The Kier molecular flexibility index (Phi) is 45.4. The number of nitrogens with one attached hydrogen (secondary N) is 2. The van der Waals surface area contributed by atoms with Crippen molar-refractivity contribution in [3.05, 3.63) is 367 Å². The number of carbonyl (C=O) groups excluding carboxylic acids is 4. The summed E-state index contributed by atoms with van der Waals surface area (Å²) in [6.45, 7) is 2.13. The number of non-ortho nitro benzene ring substituents is 1. The minimum absolute atomic E-state index is 0.0760. The monoisotopic (exact) mass is 1860 g/mol. The molecular formula is C87H88Cl2N10O25Sn. The number of carboxylic acids is 1. The van der Waals surface area contributed by atoms with Gasteiger partial charge in [-0.15, -0.1) is 0 Å². The van der Waals surface area contributed by atoms with Crippen LogP contribution < -0.4 is 44.5 Å². The van der Waals surface area contributed by atoms with Gasteiger partial charge in [0.05, 0.1) is 105 Å². The zero-order chi connectivity index (χ0) is 92.7. The first-order chi connectivity index (χ1) is 59.8. The van der Waals surface area contributed by atoms with Crippen LogP contribution in [0.4, 0.5) is 34.1 Å². The van der Waals surface area contributed by atoms with Gasteiger partial charge >= 0.3 is 71.5 Å². The topological polar surface area (TPSA) is 508 Å². The average molecular weight is 1860 g/mol. The van der Waals surface area contributed by atoms with Crippen LogP contribution in [0.1, 0.15) is 62.9 Å². The molecule has 13 rings (SSSR count). The number of rotatable bonds is 18. The molecule has 0 bridgehead atoms. The van der Waals surface area contributed by atoms with E-state index in [9.17, 15) is 73.5 Å². The number of carboxylic acid groups (broad SMARTS) is 1. The molecule has 0 saturated carbocycles. The Morgan fingerprint density at radius 2 is 0.888 bits per heavy atom. The molecule has 13 aromatic rings. The van der Waals surface area contributed by atoms with Gasteiger partial charge in [-0.3, -0.25) is 49.6 Å². The predicted molar refractivity (Wildman–Crippen MR) is 477 cm³/mol. The second-order valence-electron chi connectivity index (χ2n) is 25.1. The van der Waals surface area contributed by atoms with Gasteiger partial charge in [-0.05, 0) is 149 Å². The van der Waals surface area contributed by atoms with E-state index in [1.165, 1.54) is 105 Å². The summed E-state index contributed by atoms with van der Waals surface area (Å²) in [6.07, 6.45) is 8.38. The molecule has 9 N–H and O–H groups in total. The Bertz CT molecular complexity index is 6020. The summed E-state index contributed by atoms with van der Waals surface area (Å²) in [5.74, 6) is -2.48. The number of aliphatic hydroxyl groups is 2. The molecule has 2 amide bonds. The molecule has 0 unspecified atom stereocenters. The number of nitro groups is 3. The van der Waals surface area contributed by atoms with Crippen LogP contribution in [0.5, 0.6) is 0 Å². The first kappa shape index (κ1) is 103. The quantitative estimate of drug-likeness (QED) is 0.0105. The number of anilines is 3. The Hall–Kier alpha value is -14.2. The average Bonchev–Trinajstić information content (AvgIpc) is 0.813. The van der Waals surface area contributed by atoms with Crippen molar-refractivity contribution in [2.24, 2.45) is 5.73 Å². The van der Waals surface area contributed by atoms with Crippen LogP contribution in [-0.2, 0) is 25.5 Å². The number of esters is 2. The molecule has 0 spiro atoms. The Morgan fingerprint density at radius 3 is 1.30 bits per heavy atom. The molecule has 125 heavy (non-hydrogen) atoms. The number of hydrogen-bond acceptors (Lipinski definition) is 28. The molecule has 0 saturated heterocycles. The normalized spacial score (nSPS) is 10.1. The Balaban J connectivity index is 0.000000302. The molecule has 654 valence electrons. The van der Waals surface area contributed by atoms with Gasteiger partial charge in [-0.25, -0.2) is 28.8 Å². The van der Waals surface area contributed by atoms with E-state index in [1.54, 1.807) is 197 Å². The van der Waals surface area contributed by atoms with Crippen LogP contribution in [-0.4, -0.2) is 176 Å². The molecule has 2 radical (unpaired) electrons. The van der Waals surface area contributed by atoms with Crippen molar-refractivity contribution in [3.8, 4) is 0 Å². The van der Waals surface area contributed by atoms with Gasteiger partial charge in [0.25, 0.3) is 34.4 Å². The van der Waals surface area contributed by atoms with Crippen LogP contribution in [0.25, 0.3) is 49.2 Å². The number of aliphatic hydroxyl groups excluding tert-OH is 2. The third kappa shape index (κ3) is 32.6. The van der Waals surface area contributed by atoms with E-state index in [4.69, 9.17) is 58.5 Å². The number of nitro benzene ring substituents is 3.